The lowest BCUT2D eigenvalue weighted by Gasteiger charge is -2.15. The number of allylic oxidation sites excluding steroid dienone is 1. The monoisotopic (exact) mass is 267 g/mol. The van der Waals surface area contributed by atoms with Gasteiger partial charge >= 0.3 is 0 Å². The first-order valence-electron chi connectivity index (χ1n) is 6.27. The molecule has 0 spiro atoms. The number of hydrogen-bond acceptors (Lipinski definition) is 2. The summed E-state index contributed by atoms with van der Waals surface area (Å²) in [5.41, 5.74) is 2.46. The minimum atomic E-state index is 0.196. The highest BCUT2D eigenvalue weighted by atomic mass is 32.1. The maximum absolute atomic E-state index is 8.57. The molecule has 0 aliphatic rings. The number of rotatable bonds is 2. The van der Waals surface area contributed by atoms with Crippen LogP contribution in [0.2, 0.25) is 0 Å². The predicted octanol–water partition coefficient (Wildman–Crippen LogP) is 5.25. The summed E-state index contributed by atoms with van der Waals surface area (Å²) in [6.07, 6.45) is 3.34. The van der Waals surface area contributed by atoms with Crippen molar-refractivity contribution in [3.63, 3.8) is 0 Å². The Hall–Kier alpha value is -1.85. The summed E-state index contributed by atoms with van der Waals surface area (Å²) in [5, 5.41) is 8.57. The highest BCUT2D eigenvalue weighted by Gasteiger charge is 2.16. The molecule has 1 aromatic carbocycles. The van der Waals surface area contributed by atoms with E-state index >= 15 is 0 Å². The molecule has 0 amide bonds. The highest BCUT2D eigenvalue weighted by molar-refractivity contribution is 7.15. The Balaban J connectivity index is 2.35. The van der Waals surface area contributed by atoms with Gasteiger partial charge in [0.2, 0.25) is 0 Å². The molecular formula is C17H17NS. The van der Waals surface area contributed by atoms with Gasteiger partial charge in [-0.1, -0.05) is 39.0 Å². The van der Waals surface area contributed by atoms with Crippen LogP contribution >= 0.6 is 11.3 Å². The van der Waals surface area contributed by atoms with Crippen LogP contribution in [0.1, 0.15) is 31.2 Å². The number of nitriles is 1. The van der Waals surface area contributed by atoms with Crippen molar-refractivity contribution in [1.82, 2.24) is 0 Å². The van der Waals surface area contributed by atoms with Gasteiger partial charge in [-0.05, 0) is 40.8 Å². The first kappa shape index (κ1) is 13.6. The molecule has 1 nitrogen and oxygen atoms in total. The predicted molar refractivity (Wildman–Crippen MR) is 83.1 cm³/mol. The molecule has 0 aliphatic heterocycles. The standard InChI is InChI=1S/C17H17NS/c1-17(2,3)16-10-9-15(19-16)14-8-4-6-13(12-14)7-5-11-18/h4-10,12H,1-3H3/b7-5+. The molecule has 2 rings (SSSR count). The topological polar surface area (TPSA) is 23.8 Å². The molecule has 2 heteroatoms. The molecule has 0 aliphatic carbocycles. The lowest BCUT2D eigenvalue weighted by molar-refractivity contribution is 0.604. The van der Waals surface area contributed by atoms with Crippen LogP contribution in [0.5, 0.6) is 0 Å². The molecule has 0 atom stereocenters. The molecule has 0 unspecified atom stereocenters. The van der Waals surface area contributed by atoms with E-state index in [9.17, 15) is 0 Å². The Labute approximate surface area is 118 Å². The zero-order chi connectivity index (χ0) is 13.9. The summed E-state index contributed by atoms with van der Waals surface area (Å²) < 4.78 is 0. The van der Waals surface area contributed by atoms with E-state index in [0.29, 0.717) is 0 Å². The third-order valence-corrected chi connectivity index (χ3v) is 4.43. The third-order valence-electron chi connectivity index (χ3n) is 2.87. The Morgan fingerprint density at radius 3 is 2.58 bits per heavy atom. The van der Waals surface area contributed by atoms with E-state index in [1.807, 2.05) is 35.6 Å². The van der Waals surface area contributed by atoms with Gasteiger partial charge in [-0.25, -0.2) is 0 Å². The fraction of sp³-hybridized carbons (Fsp3) is 0.235. The fourth-order valence-electron chi connectivity index (χ4n) is 1.83. The first-order valence-corrected chi connectivity index (χ1v) is 7.09. The van der Waals surface area contributed by atoms with Crippen LogP contribution in [0.15, 0.2) is 42.5 Å². The molecule has 2 aromatic rings. The first-order chi connectivity index (χ1) is 9.00. The van der Waals surface area contributed by atoms with Gasteiger partial charge in [-0.2, -0.15) is 5.26 Å². The Morgan fingerprint density at radius 1 is 1.16 bits per heavy atom. The Bertz CT molecular complexity index is 636. The van der Waals surface area contributed by atoms with Crippen LogP contribution in [0.4, 0.5) is 0 Å². The SMILES string of the molecule is CC(C)(C)c1ccc(-c2cccc(/C=C/C#N)c2)s1. The van der Waals surface area contributed by atoms with Crippen LogP contribution in [0.25, 0.3) is 16.5 Å². The number of nitrogens with zero attached hydrogens (tertiary/aromatic N) is 1. The average Bonchev–Trinajstić information content (AvgIpc) is 2.86. The van der Waals surface area contributed by atoms with Crippen molar-refractivity contribution in [1.29, 1.82) is 5.26 Å². The molecule has 96 valence electrons. The second kappa shape index (κ2) is 5.42. The van der Waals surface area contributed by atoms with Crippen LogP contribution in [0.3, 0.4) is 0 Å². The number of thiophene rings is 1. The van der Waals surface area contributed by atoms with Crippen molar-refractivity contribution in [3.8, 4) is 16.5 Å². The second-order valence-corrected chi connectivity index (χ2v) is 6.59. The van der Waals surface area contributed by atoms with Gasteiger partial charge in [0.25, 0.3) is 0 Å². The summed E-state index contributed by atoms with van der Waals surface area (Å²) in [7, 11) is 0. The molecule has 0 fully saturated rings. The summed E-state index contributed by atoms with van der Waals surface area (Å²) in [4.78, 5) is 2.66. The van der Waals surface area contributed by atoms with E-state index < -0.39 is 0 Å². The maximum Gasteiger partial charge on any atom is 0.0912 e. The normalized spacial score (nSPS) is 11.7. The maximum atomic E-state index is 8.57. The summed E-state index contributed by atoms with van der Waals surface area (Å²) >= 11 is 1.84. The van der Waals surface area contributed by atoms with E-state index in [4.69, 9.17) is 5.26 Å². The molecule has 1 heterocycles. The largest absolute Gasteiger partial charge is 0.193 e. The average molecular weight is 267 g/mol. The van der Waals surface area contributed by atoms with Crippen molar-refractivity contribution in [2.24, 2.45) is 0 Å². The minimum Gasteiger partial charge on any atom is -0.193 e. The van der Waals surface area contributed by atoms with Crippen molar-refractivity contribution in [3.05, 3.63) is 52.9 Å². The molecule has 1 aromatic heterocycles. The van der Waals surface area contributed by atoms with Gasteiger partial charge in [0, 0.05) is 15.8 Å². The number of hydrogen-bond donors (Lipinski definition) is 0. The van der Waals surface area contributed by atoms with E-state index in [2.05, 4.69) is 45.0 Å². The van der Waals surface area contributed by atoms with Gasteiger partial charge in [-0.15, -0.1) is 11.3 Å². The van der Waals surface area contributed by atoms with E-state index in [1.165, 1.54) is 21.4 Å². The van der Waals surface area contributed by atoms with Gasteiger partial charge < -0.3 is 0 Å². The van der Waals surface area contributed by atoms with Crippen LogP contribution in [-0.2, 0) is 5.41 Å². The van der Waals surface area contributed by atoms with E-state index in [0.717, 1.165) is 5.56 Å². The lowest BCUT2D eigenvalue weighted by Crippen LogP contribution is -2.07. The molecule has 0 saturated carbocycles. The quantitative estimate of drug-likeness (QED) is 0.682. The Kier molecular flexibility index (Phi) is 3.87. The minimum absolute atomic E-state index is 0.196. The second-order valence-electron chi connectivity index (χ2n) is 5.50. The van der Waals surface area contributed by atoms with E-state index in [-0.39, 0.29) is 5.41 Å². The lowest BCUT2D eigenvalue weighted by atomic mass is 9.95. The van der Waals surface area contributed by atoms with Crippen molar-refractivity contribution < 1.29 is 0 Å². The molecular weight excluding hydrogens is 250 g/mol. The Morgan fingerprint density at radius 2 is 1.95 bits per heavy atom. The van der Waals surface area contributed by atoms with Gasteiger partial charge in [-0.3, -0.25) is 0 Å². The highest BCUT2D eigenvalue weighted by Crippen LogP contribution is 2.35. The summed E-state index contributed by atoms with van der Waals surface area (Å²) in [5.74, 6) is 0. The summed E-state index contributed by atoms with van der Waals surface area (Å²) in [6, 6.07) is 14.7. The van der Waals surface area contributed by atoms with Gasteiger partial charge in [0.1, 0.15) is 0 Å². The molecule has 0 N–H and O–H groups in total. The van der Waals surface area contributed by atoms with Crippen LogP contribution in [0, 0.1) is 11.3 Å². The third kappa shape index (κ3) is 3.33. The zero-order valence-electron chi connectivity index (χ0n) is 11.5. The van der Waals surface area contributed by atoms with Gasteiger partial charge in [0.05, 0.1) is 6.07 Å². The van der Waals surface area contributed by atoms with Crippen LogP contribution < -0.4 is 0 Å². The van der Waals surface area contributed by atoms with E-state index in [1.54, 1.807) is 0 Å². The summed E-state index contributed by atoms with van der Waals surface area (Å²) in [6.45, 7) is 6.69. The van der Waals surface area contributed by atoms with Gasteiger partial charge in [0.15, 0.2) is 0 Å². The van der Waals surface area contributed by atoms with Crippen molar-refractivity contribution >= 4 is 17.4 Å². The smallest absolute Gasteiger partial charge is 0.0912 e. The zero-order valence-corrected chi connectivity index (χ0v) is 12.3. The molecule has 0 bridgehead atoms. The molecule has 0 saturated heterocycles. The molecule has 19 heavy (non-hydrogen) atoms. The van der Waals surface area contributed by atoms with Crippen molar-refractivity contribution in [2.45, 2.75) is 26.2 Å². The number of benzene rings is 1. The van der Waals surface area contributed by atoms with Crippen LogP contribution in [-0.4, -0.2) is 0 Å². The fourth-order valence-corrected chi connectivity index (χ4v) is 2.89. The van der Waals surface area contributed by atoms with Crippen molar-refractivity contribution in [2.75, 3.05) is 0 Å². The molecule has 0 radical (unpaired) electrons.